The fourth-order valence-corrected chi connectivity index (χ4v) is 2.51. The van der Waals surface area contributed by atoms with E-state index in [1.807, 2.05) is 31.5 Å². The molecule has 2 aromatic heterocycles. The highest BCUT2D eigenvalue weighted by Crippen LogP contribution is 2.29. The van der Waals surface area contributed by atoms with Gasteiger partial charge in [-0.15, -0.1) is 0 Å². The first kappa shape index (κ1) is 12.7. The maximum atomic E-state index is 5.42. The molecule has 4 heteroatoms. The monoisotopic (exact) mass is 267 g/mol. The van der Waals surface area contributed by atoms with Gasteiger partial charge in [-0.1, -0.05) is 19.1 Å². The third-order valence-electron chi connectivity index (χ3n) is 3.42. The van der Waals surface area contributed by atoms with Crippen molar-refractivity contribution in [2.24, 2.45) is 0 Å². The Bertz CT molecular complexity index is 762. The predicted molar refractivity (Wildman–Crippen MR) is 79.5 cm³/mol. The number of pyridine rings is 1. The lowest BCUT2D eigenvalue weighted by Gasteiger charge is -2.13. The van der Waals surface area contributed by atoms with Gasteiger partial charge in [0.2, 0.25) is 0 Å². The molecular weight excluding hydrogens is 250 g/mol. The van der Waals surface area contributed by atoms with Gasteiger partial charge in [0.1, 0.15) is 17.1 Å². The highest BCUT2D eigenvalue weighted by atomic mass is 16.5. The van der Waals surface area contributed by atoms with Gasteiger partial charge < -0.3 is 9.30 Å². The zero-order valence-electron chi connectivity index (χ0n) is 11.9. The van der Waals surface area contributed by atoms with Crippen molar-refractivity contribution in [1.29, 1.82) is 0 Å². The second-order valence-corrected chi connectivity index (χ2v) is 4.71. The number of benzene rings is 1. The van der Waals surface area contributed by atoms with Crippen LogP contribution >= 0.6 is 0 Å². The van der Waals surface area contributed by atoms with Gasteiger partial charge in [-0.25, -0.2) is 9.97 Å². The summed E-state index contributed by atoms with van der Waals surface area (Å²) in [6, 6.07) is 8.08. The summed E-state index contributed by atoms with van der Waals surface area (Å²) >= 11 is 0. The standard InChI is InChI=1S/C16H17N3O/c1-4-15-17-8-9-19(15)13-10-11(2)18-16-12(13)6-5-7-14(16)20-3/h5-10H,4H2,1-3H3. The third-order valence-corrected chi connectivity index (χ3v) is 3.42. The molecule has 3 rings (SSSR count). The first-order valence-corrected chi connectivity index (χ1v) is 6.71. The minimum absolute atomic E-state index is 0.797. The maximum Gasteiger partial charge on any atom is 0.145 e. The number of ether oxygens (including phenoxy) is 1. The number of imidazole rings is 1. The van der Waals surface area contributed by atoms with Gasteiger partial charge in [0.05, 0.1) is 12.8 Å². The molecule has 2 heterocycles. The predicted octanol–water partition coefficient (Wildman–Crippen LogP) is 3.30. The average molecular weight is 267 g/mol. The SMILES string of the molecule is CCc1nccn1-c1cc(C)nc2c(OC)cccc12. The highest BCUT2D eigenvalue weighted by Gasteiger charge is 2.11. The van der Waals surface area contributed by atoms with Crippen LogP contribution in [0.25, 0.3) is 16.6 Å². The number of aromatic nitrogens is 3. The number of hydrogen-bond donors (Lipinski definition) is 0. The summed E-state index contributed by atoms with van der Waals surface area (Å²) in [7, 11) is 1.67. The van der Waals surface area contributed by atoms with Crippen molar-refractivity contribution in [3.63, 3.8) is 0 Å². The van der Waals surface area contributed by atoms with Crippen LogP contribution in [0.2, 0.25) is 0 Å². The van der Waals surface area contributed by atoms with Crippen molar-refractivity contribution in [2.45, 2.75) is 20.3 Å². The normalized spacial score (nSPS) is 10.9. The molecule has 0 radical (unpaired) electrons. The summed E-state index contributed by atoms with van der Waals surface area (Å²) in [5.74, 6) is 1.84. The van der Waals surface area contributed by atoms with Gasteiger partial charge in [0.25, 0.3) is 0 Å². The van der Waals surface area contributed by atoms with Crippen LogP contribution in [-0.4, -0.2) is 21.6 Å². The Morgan fingerprint density at radius 1 is 1.30 bits per heavy atom. The number of fused-ring (bicyclic) bond motifs is 1. The molecule has 0 aliphatic carbocycles. The zero-order chi connectivity index (χ0) is 14.1. The summed E-state index contributed by atoms with van der Waals surface area (Å²) < 4.78 is 7.55. The largest absolute Gasteiger partial charge is 0.494 e. The third kappa shape index (κ3) is 1.93. The van der Waals surface area contributed by atoms with E-state index in [0.29, 0.717) is 0 Å². The molecule has 0 saturated heterocycles. The van der Waals surface area contributed by atoms with Crippen molar-refractivity contribution in [2.75, 3.05) is 7.11 Å². The van der Waals surface area contributed by atoms with Crippen LogP contribution in [-0.2, 0) is 6.42 Å². The van der Waals surface area contributed by atoms with Crippen molar-refractivity contribution in [3.8, 4) is 11.4 Å². The van der Waals surface area contributed by atoms with Gasteiger partial charge in [-0.2, -0.15) is 0 Å². The summed E-state index contributed by atoms with van der Waals surface area (Å²) in [4.78, 5) is 9.02. The van der Waals surface area contributed by atoms with Gasteiger partial charge in [-0.3, -0.25) is 0 Å². The lowest BCUT2D eigenvalue weighted by Crippen LogP contribution is -2.02. The van der Waals surface area contributed by atoms with Gasteiger partial charge in [-0.05, 0) is 19.1 Å². The molecule has 0 fully saturated rings. The molecule has 0 amide bonds. The van der Waals surface area contributed by atoms with Gasteiger partial charge in [0.15, 0.2) is 0 Å². The lowest BCUT2D eigenvalue weighted by molar-refractivity contribution is 0.419. The molecule has 0 atom stereocenters. The Balaban J connectivity index is 2.36. The minimum atomic E-state index is 0.797. The molecule has 102 valence electrons. The quantitative estimate of drug-likeness (QED) is 0.731. The number of nitrogens with zero attached hydrogens (tertiary/aromatic N) is 3. The van der Waals surface area contributed by atoms with E-state index >= 15 is 0 Å². The van der Waals surface area contributed by atoms with Crippen LogP contribution < -0.4 is 4.74 Å². The van der Waals surface area contributed by atoms with E-state index < -0.39 is 0 Å². The minimum Gasteiger partial charge on any atom is -0.494 e. The second-order valence-electron chi connectivity index (χ2n) is 4.71. The van der Waals surface area contributed by atoms with Crippen LogP contribution in [0, 0.1) is 6.92 Å². The Morgan fingerprint density at radius 2 is 2.15 bits per heavy atom. The lowest BCUT2D eigenvalue weighted by atomic mass is 10.1. The van der Waals surface area contributed by atoms with Crippen molar-refractivity contribution < 1.29 is 4.74 Å². The maximum absolute atomic E-state index is 5.42. The molecule has 0 aliphatic rings. The van der Waals surface area contributed by atoms with Crippen LogP contribution in [0.5, 0.6) is 5.75 Å². The number of methoxy groups -OCH3 is 1. The Labute approximate surface area is 118 Å². The van der Waals surface area contributed by atoms with Gasteiger partial charge >= 0.3 is 0 Å². The Hall–Kier alpha value is -2.36. The van der Waals surface area contributed by atoms with E-state index in [4.69, 9.17) is 4.74 Å². The molecule has 0 N–H and O–H groups in total. The number of rotatable bonds is 3. The molecule has 0 bridgehead atoms. The zero-order valence-corrected chi connectivity index (χ0v) is 11.9. The van der Waals surface area contributed by atoms with Crippen molar-refractivity contribution in [1.82, 2.24) is 14.5 Å². The summed E-state index contributed by atoms with van der Waals surface area (Å²) in [6.07, 6.45) is 4.72. The van der Waals surface area contributed by atoms with Crippen molar-refractivity contribution in [3.05, 3.63) is 48.2 Å². The van der Waals surface area contributed by atoms with E-state index in [-0.39, 0.29) is 0 Å². The van der Waals surface area contributed by atoms with Crippen LogP contribution in [0.15, 0.2) is 36.7 Å². The first-order chi connectivity index (χ1) is 9.74. The number of para-hydroxylation sites is 1. The second kappa shape index (κ2) is 4.96. The van der Waals surface area contributed by atoms with Crippen LogP contribution in [0.1, 0.15) is 18.4 Å². The summed E-state index contributed by atoms with van der Waals surface area (Å²) in [6.45, 7) is 4.10. The van der Waals surface area contributed by atoms with Crippen LogP contribution in [0.3, 0.4) is 0 Å². The summed E-state index contributed by atoms with van der Waals surface area (Å²) in [5.41, 5.74) is 2.95. The molecular formula is C16H17N3O. The van der Waals surface area contributed by atoms with E-state index in [1.165, 1.54) is 0 Å². The van der Waals surface area contributed by atoms with E-state index in [9.17, 15) is 0 Å². The average Bonchev–Trinajstić information content (AvgIpc) is 2.94. The molecule has 0 unspecified atom stereocenters. The van der Waals surface area contributed by atoms with E-state index in [1.54, 1.807) is 7.11 Å². The Morgan fingerprint density at radius 3 is 2.90 bits per heavy atom. The molecule has 4 nitrogen and oxygen atoms in total. The number of aryl methyl sites for hydroxylation is 2. The summed E-state index contributed by atoms with van der Waals surface area (Å²) in [5, 5.41) is 1.07. The molecule has 1 aromatic carbocycles. The van der Waals surface area contributed by atoms with E-state index in [0.717, 1.165) is 40.3 Å². The Kier molecular flexibility index (Phi) is 3.14. The molecule has 20 heavy (non-hydrogen) atoms. The van der Waals surface area contributed by atoms with Gasteiger partial charge in [0, 0.05) is 29.9 Å². The highest BCUT2D eigenvalue weighted by molar-refractivity contribution is 5.91. The smallest absolute Gasteiger partial charge is 0.145 e. The molecule has 0 spiro atoms. The topological polar surface area (TPSA) is 39.9 Å². The fourth-order valence-electron chi connectivity index (χ4n) is 2.51. The first-order valence-electron chi connectivity index (χ1n) is 6.71. The number of hydrogen-bond acceptors (Lipinski definition) is 3. The molecule has 0 aliphatic heterocycles. The fraction of sp³-hybridized carbons (Fsp3) is 0.250. The van der Waals surface area contributed by atoms with Crippen molar-refractivity contribution >= 4 is 10.9 Å². The van der Waals surface area contributed by atoms with Crippen LogP contribution in [0.4, 0.5) is 0 Å². The molecule has 0 saturated carbocycles. The van der Waals surface area contributed by atoms with E-state index in [2.05, 4.69) is 33.6 Å². The molecule has 3 aromatic rings.